The standard InChI is InChI=1S/C18H25N7O2/c1-12-13(2)20-11-25(17(12)27)10-15(26)21-14-9-19-18(22-16(14)23(3)4)24-7-5-6-8-24/h9,11H,5-8,10H2,1-4H3,(H,21,26). The normalized spacial score (nSPS) is 13.7. The Morgan fingerprint density at radius 1 is 1.22 bits per heavy atom. The molecular weight excluding hydrogens is 346 g/mol. The number of anilines is 3. The first kappa shape index (κ1) is 18.8. The first-order chi connectivity index (χ1) is 12.9. The number of aryl methyl sites for hydroxylation is 1. The van der Waals surface area contributed by atoms with Crippen LogP contribution >= 0.6 is 0 Å². The Bertz CT molecular complexity index is 901. The van der Waals surface area contributed by atoms with Gasteiger partial charge in [0.2, 0.25) is 11.9 Å². The van der Waals surface area contributed by atoms with Crippen LogP contribution in [0, 0.1) is 13.8 Å². The highest BCUT2D eigenvalue weighted by Crippen LogP contribution is 2.25. The number of amides is 1. The summed E-state index contributed by atoms with van der Waals surface area (Å²) in [5, 5.41) is 2.81. The van der Waals surface area contributed by atoms with Crippen molar-refractivity contribution in [1.82, 2.24) is 19.5 Å². The molecule has 2 aromatic rings. The molecule has 0 bridgehead atoms. The van der Waals surface area contributed by atoms with Gasteiger partial charge in [0.15, 0.2) is 5.82 Å². The van der Waals surface area contributed by atoms with Gasteiger partial charge >= 0.3 is 0 Å². The van der Waals surface area contributed by atoms with Gasteiger partial charge in [-0.25, -0.2) is 9.97 Å². The number of carbonyl (C=O) groups is 1. The van der Waals surface area contributed by atoms with Gasteiger partial charge < -0.3 is 15.1 Å². The van der Waals surface area contributed by atoms with E-state index in [2.05, 4.69) is 25.2 Å². The van der Waals surface area contributed by atoms with Crippen molar-refractivity contribution in [3.8, 4) is 0 Å². The van der Waals surface area contributed by atoms with Crippen LogP contribution in [0.5, 0.6) is 0 Å². The van der Waals surface area contributed by atoms with Gasteiger partial charge in [-0.2, -0.15) is 4.98 Å². The van der Waals surface area contributed by atoms with Crippen molar-refractivity contribution >= 4 is 23.4 Å². The molecule has 1 saturated heterocycles. The predicted molar refractivity (Wildman–Crippen MR) is 104 cm³/mol. The molecule has 1 aliphatic rings. The monoisotopic (exact) mass is 371 g/mol. The quantitative estimate of drug-likeness (QED) is 0.836. The summed E-state index contributed by atoms with van der Waals surface area (Å²) in [6.07, 6.45) is 5.29. The Balaban J connectivity index is 1.79. The van der Waals surface area contributed by atoms with Crippen molar-refractivity contribution in [3.05, 3.63) is 34.1 Å². The summed E-state index contributed by atoms with van der Waals surface area (Å²) in [5.41, 5.74) is 1.50. The number of nitrogens with zero attached hydrogens (tertiary/aromatic N) is 6. The second-order valence-corrected chi connectivity index (χ2v) is 6.93. The largest absolute Gasteiger partial charge is 0.361 e. The number of nitrogens with one attached hydrogen (secondary N) is 1. The number of aromatic nitrogens is 4. The average Bonchev–Trinajstić information content (AvgIpc) is 3.17. The average molecular weight is 371 g/mol. The lowest BCUT2D eigenvalue weighted by atomic mass is 10.3. The number of hydrogen-bond acceptors (Lipinski definition) is 7. The smallest absolute Gasteiger partial charge is 0.256 e. The molecule has 0 aromatic carbocycles. The molecule has 0 radical (unpaired) electrons. The summed E-state index contributed by atoms with van der Waals surface area (Å²) in [5.74, 6) is 0.970. The minimum Gasteiger partial charge on any atom is -0.361 e. The molecule has 1 N–H and O–H groups in total. The lowest BCUT2D eigenvalue weighted by Gasteiger charge is -2.21. The molecule has 9 heteroatoms. The summed E-state index contributed by atoms with van der Waals surface area (Å²) in [6.45, 7) is 5.24. The minimum atomic E-state index is -0.331. The van der Waals surface area contributed by atoms with E-state index in [4.69, 9.17) is 0 Å². The molecule has 1 amide bonds. The molecule has 3 rings (SSSR count). The molecule has 144 valence electrons. The fourth-order valence-electron chi connectivity index (χ4n) is 3.00. The first-order valence-corrected chi connectivity index (χ1v) is 8.98. The van der Waals surface area contributed by atoms with E-state index in [-0.39, 0.29) is 18.0 Å². The van der Waals surface area contributed by atoms with Crippen LogP contribution < -0.4 is 20.7 Å². The maximum Gasteiger partial charge on any atom is 0.256 e. The molecule has 0 atom stereocenters. The summed E-state index contributed by atoms with van der Waals surface area (Å²) in [6, 6.07) is 0. The highest BCUT2D eigenvalue weighted by atomic mass is 16.2. The van der Waals surface area contributed by atoms with Gasteiger partial charge in [-0.15, -0.1) is 0 Å². The Morgan fingerprint density at radius 2 is 1.93 bits per heavy atom. The van der Waals surface area contributed by atoms with Gasteiger partial charge in [0.25, 0.3) is 5.56 Å². The van der Waals surface area contributed by atoms with Gasteiger partial charge in [0.05, 0.1) is 12.5 Å². The summed E-state index contributed by atoms with van der Waals surface area (Å²) >= 11 is 0. The maximum atomic E-state index is 12.5. The third-order valence-electron chi connectivity index (χ3n) is 4.67. The SMILES string of the molecule is Cc1ncn(CC(=O)Nc2cnc(N3CCCC3)nc2N(C)C)c(=O)c1C. The maximum absolute atomic E-state index is 12.5. The Hall–Kier alpha value is -2.97. The zero-order valence-electron chi connectivity index (χ0n) is 16.2. The van der Waals surface area contributed by atoms with Crippen molar-refractivity contribution in [3.63, 3.8) is 0 Å². The molecule has 27 heavy (non-hydrogen) atoms. The van der Waals surface area contributed by atoms with Crippen LogP contribution in [0.3, 0.4) is 0 Å². The van der Waals surface area contributed by atoms with Gasteiger partial charge in [-0.1, -0.05) is 0 Å². The Labute approximate surface area is 158 Å². The van der Waals surface area contributed by atoms with E-state index < -0.39 is 0 Å². The summed E-state index contributed by atoms with van der Waals surface area (Å²) < 4.78 is 1.30. The predicted octanol–water partition coefficient (Wildman–Crippen LogP) is 0.955. The van der Waals surface area contributed by atoms with E-state index in [0.29, 0.717) is 28.7 Å². The van der Waals surface area contributed by atoms with Crippen LogP contribution in [0.1, 0.15) is 24.1 Å². The van der Waals surface area contributed by atoms with E-state index in [1.165, 1.54) is 10.9 Å². The fraction of sp³-hybridized carbons (Fsp3) is 0.500. The van der Waals surface area contributed by atoms with E-state index in [0.717, 1.165) is 25.9 Å². The van der Waals surface area contributed by atoms with Gasteiger partial charge in [0, 0.05) is 38.4 Å². The van der Waals surface area contributed by atoms with E-state index in [1.807, 2.05) is 19.0 Å². The number of hydrogen-bond donors (Lipinski definition) is 1. The van der Waals surface area contributed by atoms with Crippen molar-refractivity contribution < 1.29 is 4.79 Å². The molecule has 0 spiro atoms. The second-order valence-electron chi connectivity index (χ2n) is 6.93. The zero-order valence-corrected chi connectivity index (χ0v) is 16.2. The Kier molecular flexibility index (Phi) is 5.38. The summed E-state index contributed by atoms with van der Waals surface area (Å²) in [4.78, 5) is 41.8. The first-order valence-electron chi connectivity index (χ1n) is 8.98. The second kappa shape index (κ2) is 7.73. The van der Waals surface area contributed by atoms with Crippen molar-refractivity contribution in [2.24, 2.45) is 0 Å². The van der Waals surface area contributed by atoms with Crippen LogP contribution in [-0.2, 0) is 11.3 Å². The van der Waals surface area contributed by atoms with Gasteiger partial charge in [0.1, 0.15) is 12.2 Å². The van der Waals surface area contributed by atoms with Crippen molar-refractivity contribution in [2.75, 3.05) is 42.3 Å². The van der Waals surface area contributed by atoms with Crippen LogP contribution in [0.25, 0.3) is 0 Å². The van der Waals surface area contributed by atoms with E-state index in [1.54, 1.807) is 20.0 Å². The highest BCUT2D eigenvalue weighted by molar-refractivity contribution is 5.93. The number of rotatable bonds is 5. The molecule has 0 unspecified atom stereocenters. The molecule has 0 saturated carbocycles. The molecule has 2 aromatic heterocycles. The van der Waals surface area contributed by atoms with Gasteiger partial charge in [-0.05, 0) is 26.7 Å². The molecule has 3 heterocycles. The van der Waals surface area contributed by atoms with Crippen LogP contribution in [0.4, 0.5) is 17.5 Å². The van der Waals surface area contributed by atoms with Gasteiger partial charge in [-0.3, -0.25) is 14.2 Å². The molecule has 1 aliphatic heterocycles. The van der Waals surface area contributed by atoms with Crippen molar-refractivity contribution in [1.29, 1.82) is 0 Å². The Morgan fingerprint density at radius 3 is 2.59 bits per heavy atom. The van der Waals surface area contributed by atoms with Crippen LogP contribution in [-0.4, -0.2) is 52.6 Å². The van der Waals surface area contributed by atoms with Crippen LogP contribution in [0.2, 0.25) is 0 Å². The summed E-state index contributed by atoms with van der Waals surface area (Å²) in [7, 11) is 3.73. The van der Waals surface area contributed by atoms with E-state index in [9.17, 15) is 9.59 Å². The molecular formula is C18H25N7O2. The zero-order chi connectivity index (χ0) is 19.6. The third kappa shape index (κ3) is 4.07. The van der Waals surface area contributed by atoms with Crippen LogP contribution in [0.15, 0.2) is 17.3 Å². The number of carbonyl (C=O) groups excluding carboxylic acids is 1. The molecule has 1 fully saturated rings. The van der Waals surface area contributed by atoms with E-state index >= 15 is 0 Å². The fourth-order valence-corrected chi connectivity index (χ4v) is 3.00. The lowest BCUT2D eigenvalue weighted by molar-refractivity contribution is -0.116. The molecule has 9 nitrogen and oxygen atoms in total. The third-order valence-corrected chi connectivity index (χ3v) is 4.67. The van der Waals surface area contributed by atoms with Crippen molar-refractivity contribution in [2.45, 2.75) is 33.2 Å². The molecule has 0 aliphatic carbocycles. The highest BCUT2D eigenvalue weighted by Gasteiger charge is 2.19. The topological polar surface area (TPSA) is 96.2 Å². The minimum absolute atomic E-state index is 0.117. The lowest BCUT2D eigenvalue weighted by Crippen LogP contribution is -2.30.